The van der Waals surface area contributed by atoms with Crippen molar-refractivity contribution < 1.29 is 0 Å². The number of hydrogen-bond acceptors (Lipinski definition) is 2. The van der Waals surface area contributed by atoms with Crippen LogP contribution in [0.25, 0.3) is 0 Å². The number of nitrogens with one attached hydrogen (secondary N) is 1. The SMILES string of the molecule is SC1CCC2CNCC2C1. The summed E-state index contributed by atoms with van der Waals surface area (Å²) in [5, 5.41) is 4.15. The highest BCUT2D eigenvalue weighted by molar-refractivity contribution is 7.80. The molecule has 0 amide bonds. The predicted molar refractivity (Wildman–Crippen MR) is 46.5 cm³/mol. The molecule has 1 saturated heterocycles. The summed E-state index contributed by atoms with van der Waals surface area (Å²) < 4.78 is 0. The van der Waals surface area contributed by atoms with E-state index in [-0.39, 0.29) is 0 Å². The quantitative estimate of drug-likeness (QED) is 0.505. The molecule has 10 heavy (non-hydrogen) atoms. The van der Waals surface area contributed by atoms with E-state index in [1.807, 2.05) is 0 Å². The molecule has 0 aromatic rings. The zero-order valence-corrected chi connectivity index (χ0v) is 7.11. The van der Waals surface area contributed by atoms with Gasteiger partial charge in [0.1, 0.15) is 0 Å². The second-order valence-electron chi connectivity index (χ2n) is 3.65. The molecule has 58 valence electrons. The third-order valence-electron chi connectivity index (χ3n) is 2.93. The van der Waals surface area contributed by atoms with Crippen molar-refractivity contribution in [2.45, 2.75) is 24.5 Å². The van der Waals surface area contributed by atoms with Crippen LogP contribution < -0.4 is 5.32 Å². The predicted octanol–water partition coefficient (Wildman–Crippen LogP) is 1.30. The molecule has 3 unspecified atom stereocenters. The molecule has 1 saturated carbocycles. The lowest BCUT2D eigenvalue weighted by molar-refractivity contribution is 0.307. The van der Waals surface area contributed by atoms with E-state index in [1.54, 1.807) is 0 Å². The van der Waals surface area contributed by atoms with Crippen LogP contribution >= 0.6 is 12.6 Å². The maximum atomic E-state index is 4.52. The molecular weight excluding hydrogens is 142 g/mol. The number of fused-ring (bicyclic) bond motifs is 1. The van der Waals surface area contributed by atoms with Gasteiger partial charge < -0.3 is 5.32 Å². The van der Waals surface area contributed by atoms with Crippen LogP contribution in [0.2, 0.25) is 0 Å². The molecule has 0 bridgehead atoms. The Morgan fingerprint density at radius 2 is 1.90 bits per heavy atom. The highest BCUT2D eigenvalue weighted by Crippen LogP contribution is 2.34. The van der Waals surface area contributed by atoms with E-state index in [2.05, 4.69) is 17.9 Å². The van der Waals surface area contributed by atoms with Crippen molar-refractivity contribution >= 4 is 12.6 Å². The van der Waals surface area contributed by atoms with Crippen LogP contribution in [0.3, 0.4) is 0 Å². The van der Waals surface area contributed by atoms with E-state index in [0.717, 1.165) is 11.8 Å². The maximum Gasteiger partial charge on any atom is 0.00201 e. The Morgan fingerprint density at radius 1 is 1.10 bits per heavy atom. The van der Waals surface area contributed by atoms with Gasteiger partial charge in [-0.1, -0.05) is 0 Å². The Balaban J connectivity index is 1.96. The minimum Gasteiger partial charge on any atom is -0.316 e. The first-order valence-corrected chi connectivity index (χ1v) is 4.76. The van der Waals surface area contributed by atoms with Crippen LogP contribution in [0.15, 0.2) is 0 Å². The summed E-state index contributed by atoms with van der Waals surface area (Å²) in [5.74, 6) is 1.94. The van der Waals surface area contributed by atoms with E-state index >= 15 is 0 Å². The van der Waals surface area contributed by atoms with Crippen molar-refractivity contribution in [1.82, 2.24) is 5.32 Å². The van der Waals surface area contributed by atoms with E-state index < -0.39 is 0 Å². The third-order valence-corrected chi connectivity index (χ3v) is 3.39. The highest BCUT2D eigenvalue weighted by Gasteiger charge is 2.32. The smallest absolute Gasteiger partial charge is 0.00201 e. The van der Waals surface area contributed by atoms with Gasteiger partial charge in [0.2, 0.25) is 0 Å². The first kappa shape index (κ1) is 6.99. The van der Waals surface area contributed by atoms with Crippen molar-refractivity contribution in [1.29, 1.82) is 0 Å². The molecule has 3 atom stereocenters. The second kappa shape index (κ2) is 2.74. The highest BCUT2D eigenvalue weighted by atomic mass is 32.1. The summed E-state index contributed by atoms with van der Waals surface area (Å²) in [4.78, 5) is 0. The van der Waals surface area contributed by atoms with E-state index in [0.29, 0.717) is 5.25 Å². The molecule has 2 fully saturated rings. The molecule has 0 spiro atoms. The Labute approximate surface area is 68.0 Å². The minimum absolute atomic E-state index is 0.696. The first-order chi connectivity index (χ1) is 4.86. The van der Waals surface area contributed by atoms with E-state index in [9.17, 15) is 0 Å². The largest absolute Gasteiger partial charge is 0.316 e. The molecule has 0 aromatic heterocycles. The van der Waals surface area contributed by atoms with Crippen LogP contribution in [-0.4, -0.2) is 18.3 Å². The monoisotopic (exact) mass is 157 g/mol. The molecule has 2 rings (SSSR count). The summed E-state index contributed by atoms with van der Waals surface area (Å²) in [7, 11) is 0. The molecule has 0 aromatic carbocycles. The lowest BCUT2D eigenvalue weighted by atomic mass is 9.81. The Morgan fingerprint density at radius 3 is 2.80 bits per heavy atom. The van der Waals surface area contributed by atoms with Gasteiger partial charge >= 0.3 is 0 Å². The van der Waals surface area contributed by atoms with Crippen LogP contribution in [0.1, 0.15) is 19.3 Å². The van der Waals surface area contributed by atoms with Crippen molar-refractivity contribution in [2.24, 2.45) is 11.8 Å². The van der Waals surface area contributed by atoms with Gasteiger partial charge in [-0.3, -0.25) is 0 Å². The van der Waals surface area contributed by atoms with Crippen molar-refractivity contribution in [3.63, 3.8) is 0 Å². The van der Waals surface area contributed by atoms with Crippen molar-refractivity contribution in [3.8, 4) is 0 Å². The standard InChI is InChI=1S/C8H15NS/c10-8-2-1-6-4-9-5-7(6)3-8/h6-10H,1-5H2. The summed E-state index contributed by atoms with van der Waals surface area (Å²) in [5.41, 5.74) is 0. The Kier molecular flexibility index (Phi) is 1.92. The molecule has 1 aliphatic heterocycles. The first-order valence-electron chi connectivity index (χ1n) is 4.25. The maximum absolute atomic E-state index is 4.52. The van der Waals surface area contributed by atoms with Crippen LogP contribution in [0, 0.1) is 11.8 Å². The average Bonchev–Trinajstić information content (AvgIpc) is 2.33. The van der Waals surface area contributed by atoms with Gasteiger partial charge in [-0.05, 0) is 44.2 Å². The fourth-order valence-electron chi connectivity index (χ4n) is 2.27. The van der Waals surface area contributed by atoms with Gasteiger partial charge in [-0.25, -0.2) is 0 Å². The van der Waals surface area contributed by atoms with Gasteiger partial charge in [0.05, 0.1) is 0 Å². The van der Waals surface area contributed by atoms with Crippen molar-refractivity contribution in [2.75, 3.05) is 13.1 Å². The molecule has 1 heterocycles. The molecule has 2 heteroatoms. The molecule has 0 radical (unpaired) electrons. The lowest BCUT2D eigenvalue weighted by Crippen LogP contribution is -2.23. The second-order valence-corrected chi connectivity index (χ2v) is 4.38. The molecule has 2 aliphatic rings. The average molecular weight is 157 g/mol. The molecular formula is C8H15NS. The van der Waals surface area contributed by atoms with Gasteiger partial charge in [0, 0.05) is 5.25 Å². The van der Waals surface area contributed by atoms with Crippen LogP contribution in [-0.2, 0) is 0 Å². The van der Waals surface area contributed by atoms with E-state index in [1.165, 1.54) is 32.4 Å². The number of thiol groups is 1. The lowest BCUT2D eigenvalue weighted by Gasteiger charge is -2.27. The normalized spacial score (nSPS) is 47.1. The zero-order chi connectivity index (χ0) is 6.97. The number of rotatable bonds is 0. The molecule has 1 nitrogen and oxygen atoms in total. The molecule has 1 N–H and O–H groups in total. The van der Waals surface area contributed by atoms with E-state index in [4.69, 9.17) is 0 Å². The van der Waals surface area contributed by atoms with Gasteiger partial charge in [-0.15, -0.1) is 0 Å². The van der Waals surface area contributed by atoms with Gasteiger partial charge in [0.15, 0.2) is 0 Å². The number of hydrogen-bond donors (Lipinski definition) is 2. The van der Waals surface area contributed by atoms with Crippen LogP contribution in [0.4, 0.5) is 0 Å². The van der Waals surface area contributed by atoms with Gasteiger partial charge in [-0.2, -0.15) is 12.6 Å². The topological polar surface area (TPSA) is 12.0 Å². The van der Waals surface area contributed by atoms with Crippen molar-refractivity contribution in [3.05, 3.63) is 0 Å². The Bertz CT molecular complexity index is 126. The third kappa shape index (κ3) is 1.19. The zero-order valence-electron chi connectivity index (χ0n) is 6.21. The summed E-state index contributed by atoms with van der Waals surface area (Å²) >= 11 is 4.52. The molecule has 1 aliphatic carbocycles. The summed E-state index contributed by atoms with van der Waals surface area (Å²) in [6, 6.07) is 0. The summed E-state index contributed by atoms with van der Waals surface area (Å²) in [6.07, 6.45) is 4.10. The minimum atomic E-state index is 0.696. The summed E-state index contributed by atoms with van der Waals surface area (Å²) in [6.45, 7) is 2.52. The van der Waals surface area contributed by atoms with Gasteiger partial charge in [0.25, 0.3) is 0 Å². The fourth-order valence-corrected chi connectivity index (χ4v) is 2.69. The Hall–Kier alpha value is 0.310. The van der Waals surface area contributed by atoms with Crippen LogP contribution in [0.5, 0.6) is 0 Å². The fraction of sp³-hybridized carbons (Fsp3) is 1.00.